The number of fused-ring (bicyclic) bond motifs is 1. The normalized spacial score (nSPS) is 12.3. The quantitative estimate of drug-likeness (QED) is 0.505. The molecule has 3 rings (SSSR count). The predicted octanol–water partition coefficient (Wildman–Crippen LogP) is 3.19. The zero-order valence-corrected chi connectivity index (χ0v) is 14.3. The lowest BCUT2D eigenvalue weighted by molar-refractivity contribution is -0.385. The van der Waals surface area contributed by atoms with Crippen molar-refractivity contribution in [1.82, 2.24) is 0 Å². The van der Waals surface area contributed by atoms with E-state index in [1.54, 1.807) is 0 Å². The number of anilines is 1. The number of nitro groups is 1. The second-order valence-corrected chi connectivity index (χ2v) is 6.22. The van der Waals surface area contributed by atoms with E-state index in [1.807, 2.05) is 18.2 Å². The molecule has 26 heavy (non-hydrogen) atoms. The van der Waals surface area contributed by atoms with Crippen LogP contribution in [0.25, 0.3) is 0 Å². The van der Waals surface area contributed by atoms with E-state index < -0.39 is 23.4 Å². The molecule has 0 radical (unpaired) electrons. The number of nitrogens with one attached hydrogen (secondary N) is 1. The van der Waals surface area contributed by atoms with Gasteiger partial charge in [0.25, 0.3) is 11.6 Å². The molecule has 2 aromatic rings. The Bertz CT molecular complexity index is 891. The van der Waals surface area contributed by atoms with E-state index in [2.05, 4.69) is 5.32 Å². The van der Waals surface area contributed by atoms with Crippen LogP contribution in [0.15, 0.2) is 36.4 Å². The van der Waals surface area contributed by atoms with Crippen molar-refractivity contribution in [1.29, 1.82) is 0 Å². The third-order valence-corrected chi connectivity index (χ3v) is 4.35. The molecule has 134 valence electrons. The van der Waals surface area contributed by atoms with Gasteiger partial charge in [-0.3, -0.25) is 14.9 Å². The SMILES string of the molecule is Cc1cc(C(=O)OCC(=O)Nc2ccc3c(c2)CCC3)ccc1[N+](=O)[O-]. The molecule has 0 bridgehead atoms. The van der Waals surface area contributed by atoms with Gasteiger partial charge in [0.05, 0.1) is 10.5 Å². The van der Waals surface area contributed by atoms with Gasteiger partial charge >= 0.3 is 5.97 Å². The van der Waals surface area contributed by atoms with Crippen LogP contribution in [0, 0.1) is 17.0 Å². The van der Waals surface area contributed by atoms with Crippen molar-refractivity contribution in [3.05, 3.63) is 68.8 Å². The number of carbonyl (C=O) groups excluding carboxylic acids is 2. The van der Waals surface area contributed by atoms with Gasteiger partial charge < -0.3 is 10.1 Å². The Labute approximate surface area is 150 Å². The predicted molar refractivity (Wildman–Crippen MR) is 95.2 cm³/mol. The van der Waals surface area contributed by atoms with Gasteiger partial charge in [0.15, 0.2) is 6.61 Å². The lowest BCUT2D eigenvalue weighted by atomic mass is 10.1. The summed E-state index contributed by atoms with van der Waals surface area (Å²) in [5, 5.41) is 13.5. The highest BCUT2D eigenvalue weighted by atomic mass is 16.6. The molecule has 0 aromatic heterocycles. The molecule has 0 unspecified atom stereocenters. The Morgan fingerprint density at radius 3 is 2.65 bits per heavy atom. The fourth-order valence-corrected chi connectivity index (χ4v) is 3.05. The Balaban J connectivity index is 1.56. The van der Waals surface area contributed by atoms with Crippen LogP contribution in [0.5, 0.6) is 0 Å². The second kappa shape index (κ2) is 7.35. The summed E-state index contributed by atoms with van der Waals surface area (Å²) in [6, 6.07) is 9.72. The summed E-state index contributed by atoms with van der Waals surface area (Å²) in [7, 11) is 0. The molecule has 1 aliphatic carbocycles. The van der Waals surface area contributed by atoms with E-state index in [0.29, 0.717) is 11.3 Å². The van der Waals surface area contributed by atoms with E-state index in [4.69, 9.17) is 4.74 Å². The molecule has 2 aromatic carbocycles. The molecular formula is C19H18N2O5. The Kier molecular flexibility index (Phi) is 4.97. The highest BCUT2D eigenvalue weighted by Gasteiger charge is 2.16. The van der Waals surface area contributed by atoms with Crippen LogP contribution in [-0.4, -0.2) is 23.4 Å². The number of amides is 1. The minimum absolute atomic E-state index is 0.0732. The summed E-state index contributed by atoms with van der Waals surface area (Å²) in [6.45, 7) is 1.11. The number of rotatable bonds is 5. The molecule has 0 aliphatic heterocycles. The average Bonchev–Trinajstić information content (AvgIpc) is 3.07. The topological polar surface area (TPSA) is 98.5 Å². The monoisotopic (exact) mass is 354 g/mol. The molecule has 0 spiro atoms. The van der Waals surface area contributed by atoms with Crippen molar-refractivity contribution < 1.29 is 19.2 Å². The van der Waals surface area contributed by atoms with Crippen LogP contribution >= 0.6 is 0 Å². The number of aryl methyl sites for hydroxylation is 3. The molecule has 0 heterocycles. The fraction of sp³-hybridized carbons (Fsp3) is 0.263. The van der Waals surface area contributed by atoms with Crippen molar-refractivity contribution in [3.8, 4) is 0 Å². The number of carbonyl (C=O) groups is 2. The van der Waals surface area contributed by atoms with Gasteiger partial charge in [-0.2, -0.15) is 0 Å². The van der Waals surface area contributed by atoms with Crippen LogP contribution in [0.2, 0.25) is 0 Å². The van der Waals surface area contributed by atoms with Crippen molar-refractivity contribution in [2.45, 2.75) is 26.2 Å². The van der Waals surface area contributed by atoms with Gasteiger partial charge in [-0.05, 0) is 61.6 Å². The molecular weight excluding hydrogens is 336 g/mol. The number of ether oxygens (including phenoxy) is 1. The molecule has 1 amide bonds. The van der Waals surface area contributed by atoms with Crippen LogP contribution < -0.4 is 5.32 Å². The average molecular weight is 354 g/mol. The highest BCUT2D eigenvalue weighted by Crippen LogP contribution is 2.25. The molecule has 1 aliphatic rings. The number of nitrogens with zero attached hydrogens (tertiary/aromatic N) is 1. The lowest BCUT2D eigenvalue weighted by Crippen LogP contribution is -2.21. The van der Waals surface area contributed by atoms with Gasteiger partial charge in [-0.25, -0.2) is 4.79 Å². The molecule has 0 atom stereocenters. The fourth-order valence-electron chi connectivity index (χ4n) is 3.05. The first-order chi connectivity index (χ1) is 12.4. The van der Waals surface area contributed by atoms with E-state index in [0.717, 1.165) is 19.3 Å². The number of hydrogen-bond donors (Lipinski definition) is 1. The Morgan fingerprint density at radius 2 is 1.92 bits per heavy atom. The van der Waals surface area contributed by atoms with Crippen molar-refractivity contribution in [3.63, 3.8) is 0 Å². The number of benzene rings is 2. The molecule has 7 nitrogen and oxygen atoms in total. The van der Waals surface area contributed by atoms with E-state index in [1.165, 1.54) is 36.2 Å². The first-order valence-electron chi connectivity index (χ1n) is 8.28. The summed E-state index contributed by atoms with van der Waals surface area (Å²) in [5.74, 6) is -1.14. The molecule has 7 heteroatoms. The first-order valence-corrected chi connectivity index (χ1v) is 8.28. The van der Waals surface area contributed by atoms with Gasteiger partial charge in [0.2, 0.25) is 0 Å². The third-order valence-electron chi connectivity index (χ3n) is 4.35. The molecule has 0 fully saturated rings. The maximum Gasteiger partial charge on any atom is 0.338 e. The Morgan fingerprint density at radius 1 is 1.15 bits per heavy atom. The minimum atomic E-state index is -0.702. The van der Waals surface area contributed by atoms with E-state index in [9.17, 15) is 19.7 Å². The zero-order chi connectivity index (χ0) is 18.7. The Hall–Kier alpha value is -3.22. The summed E-state index contributed by atoms with van der Waals surface area (Å²) in [5.41, 5.74) is 3.67. The minimum Gasteiger partial charge on any atom is -0.452 e. The summed E-state index contributed by atoms with van der Waals surface area (Å²) >= 11 is 0. The maximum absolute atomic E-state index is 12.0. The zero-order valence-electron chi connectivity index (χ0n) is 14.3. The van der Waals surface area contributed by atoms with Crippen LogP contribution in [-0.2, 0) is 22.4 Å². The molecule has 0 saturated carbocycles. The maximum atomic E-state index is 12.0. The van der Waals surface area contributed by atoms with Gasteiger partial charge in [0.1, 0.15) is 0 Å². The van der Waals surface area contributed by atoms with E-state index >= 15 is 0 Å². The lowest BCUT2D eigenvalue weighted by Gasteiger charge is -2.08. The first kappa shape index (κ1) is 17.6. The largest absolute Gasteiger partial charge is 0.452 e. The van der Waals surface area contributed by atoms with Crippen molar-refractivity contribution in [2.75, 3.05) is 11.9 Å². The van der Waals surface area contributed by atoms with Crippen LogP contribution in [0.4, 0.5) is 11.4 Å². The number of esters is 1. The van der Waals surface area contributed by atoms with E-state index in [-0.39, 0.29) is 11.3 Å². The molecule has 0 saturated heterocycles. The summed E-state index contributed by atoms with van der Waals surface area (Å²) in [6.07, 6.45) is 3.20. The van der Waals surface area contributed by atoms with Crippen molar-refractivity contribution >= 4 is 23.3 Å². The molecule has 1 N–H and O–H groups in total. The van der Waals surface area contributed by atoms with Crippen molar-refractivity contribution in [2.24, 2.45) is 0 Å². The highest BCUT2D eigenvalue weighted by molar-refractivity contribution is 5.95. The van der Waals surface area contributed by atoms with Crippen LogP contribution in [0.3, 0.4) is 0 Å². The van der Waals surface area contributed by atoms with Crippen LogP contribution in [0.1, 0.15) is 33.5 Å². The second-order valence-electron chi connectivity index (χ2n) is 6.22. The van der Waals surface area contributed by atoms with Gasteiger partial charge in [-0.15, -0.1) is 0 Å². The standard InChI is InChI=1S/C19H18N2O5/c1-12-9-15(6-8-17(12)21(24)25)19(23)26-11-18(22)20-16-7-5-13-3-2-4-14(13)10-16/h5-10H,2-4,11H2,1H3,(H,20,22). The number of nitro benzene ring substituents is 1. The summed E-state index contributed by atoms with van der Waals surface area (Å²) < 4.78 is 4.99. The number of hydrogen-bond acceptors (Lipinski definition) is 5. The van der Waals surface area contributed by atoms with Gasteiger partial charge in [0, 0.05) is 17.3 Å². The van der Waals surface area contributed by atoms with Gasteiger partial charge in [-0.1, -0.05) is 6.07 Å². The summed E-state index contributed by atoms with van der Waals surface area (Å²) in [4.78, 5) is 34.3. The smallest absolute Gasteiger partial charge is 0.338 e. The third kappa shape index (κ3) is 3.88.